The number of hydrogen-bond acceptors (Lipinski definition) is 2. The molecule has 0 unspecified atom stereocenters. The molecular formula is C14H14F3NO3. The summed E-state index contributed by atoms with van der Waals surface area (Å²) in [6.45, 7) is 0.125. The van der Waals surface area contributed by atoms with E-state index in [-0.39, 0.29) is 6.54 Å². The molecular weight excluding hydrogens is 287 g/mol. The smallest absolute Gasteiger partial charge is 0.389 e. The quantitative estimate of drug-likeness (QED) is 0.794. The fraction of sp³-hybridized carbons (Fsp3) is 0.286. The average molecular weight is 301 g/mol. The van der Waals surface area contributed by atoms with Crippen molar-refractivity contribution in [1.29, 1.82) is 0 Å². The number of carboxylic acid groups (broad SMARTS) is 1. The van der Waals surface area contributed by atoms with Crippen LogP contribution in [0.5, 0.6) is 0 Å². The van der Waals surface area contributed by atoms with Gasteiger partial charge in [0, 0.05) is 19.0 Å². The predicted octanol–water partition coefficient (Wildman–Crippen LogP) is 2.74. The lowest BCUT2D eigenvalue weighted by Gasteiger charge is -2.07. The Bertz CT molecular complexity index is 521. The third-order valence-corrected chi connectivity index (χ3v) is 2.52. The molecule has 0 heterocycles. The Kier molecular flexibility index (Phi) is 5.95. The number of carboxylic acids is 1. The average Bonchev–Trinajstić information content (AvgIpc) is 2.41. The minimum absolute atomic E-state index is 0.125. The van der Waals surface area contributed by atoms with Gasteiger partial charge in [-0.15, -0.1) is 0 Å². The molecule has 0 radical (unpaired) electrons. The number of benzene rings is 1. The van der Waals surface area contributed by atoms with E-state index in [9.17, 15) is 22.8 Å². The van der Waals surface area contributed by atoms with E-state index in [0.29, 0.717) is 11.1 Å². The van der Waals surface area contributed by atoms with Crippen molar-refractivity contribution in [3.05, 3.63) is 41.5 Å². The maximum absolute atomic E-state index is 11.9. The van der Waals surface area contributed by atoms with Crippen LogP contribution in [0.4, 0.5) is 13.2 Å². The molecule has 1 rings (SSSR count). The first-order valence-corrected chi connectivity index (χ1v) is 6.10. The second-order valence-corrected chi connectivity index (χ2v) is 4.31. The van der Waals surface area contributed by atoms with Crippen molar-refractivity contribution in [3.8, 4) is 0 Å². The van der Waals surface area contributed by atoms with Crippen molar-refractivity contribution in [1.82, 2.24) is 5.32 Å². The molecule has 0 atom stereocenters. The minimum atomic E-state index is -4.34. The molecule has 0 bridgehead atoms. The number of alkyl halides is 3. The van der Waals surface area contributed by atoms with Crippen LogP contribution in [-0.4, -0.2) is 23.2 Å². The molecule has 0 aliphatic heterocycles. The molecule has 114 valence electrons. The lowest BCUT2D eigenvalue weighted by molar-refractivity contribution is -0.144. The molecule has 0 spiro atoms. The number of amides is 1. The van der Waals surface area contributed by atoms with E-state index < -0.39 is 30.9 Å². The standard InChI is InChI=1S/C14H14F3NO3/c15-14(16,17)8-7-12(19)18-9-11-3-1-10(2-4-11)5-6-13(20)21/h1-6H,7-9H2,(H,18,19)(H,20,21). The fourth-order valence-corrected chi connectivity index (χ4v) is 1.46. The summed E-state index contributed by atoms with van der Waals surface area (Å²) in [6.07, 6.45) is -3.67. The molecule has 7 heteroatoms. The highest BCUT2D eigenvalue weighted by atomic mass is 19.4. The highest BCUT2D eigenvalue weighted by molar-refractivity contribution is 5.85. The summed E-state index contributed by atoms with van der Waals surface area (Å²) in [4.78, 5) is 21.6. The van der Waals surface area contributed by atoms with Gasteiger partial charge in [-0.3, -0.25) is 4.79 Å². The van der Waals surface area contributed by atoms with Crippen molar-refractivity contribution >= 4 is 18.0 Å². The van der Waals surface area contributed by atoms with Gasteiger partial charge >= 0.3 is 12.1 Å². The number of carbonyl (C=O) groups is 2. The van der Waals surface area contributed by atoms with Gasteiger partial charge in [0.2, 0.25) is 5.91 Å². The third-order valence-electron chi connectivity index (χ3n) is 2.52. The van der Waals surface area contributed by atoms with Crippen molar-refractivity contribution in [2.24, 2.45) is 0 Å². The number of halogens is 3. The lowest BCUT2D eigenvalue weighted by atomic mass is 10.1. The topological polar surface area (TPSA) is 66.4 Å². The van der Waals surface area contributed by atoms with E-state index in [1.54, 1.807) is 24.3 Å². The summed E-state index contributed by atoms with van der Waals surface area (Å²) in [6, 6.07) is 6.62. The van der Waals surface area contributed by atoms with Gasteiger partial charge in [-0.05, 0) is 17.2 Å². The van der Waals surface area contributed by atoms with E-state index in [4.69, 9.17) is 5.11 Å². The molecule has 0 aliphatic rings. The first-order chi connectivity index (χ1) is 9.76. The van der Waals surface area contributed by atoms with Crippen LogP contribution in [0.1, 0.15) is 24.0 Å². The van der Waals surface area contributed by atoms with Crippen molar-refractivity contribution in [2.45, 2.75) is 25.6 Å². The van der Waals surface area contributed by atoms with E-state index >= 15 is 0 Å². The van der Waals surface area contributed by atoms with Crippen LogP contribution in [0, 0.1) is 0 Å². The fourth-order valence-electron chi connectivity index (χ4n) is 1.46. The van der Waals surface area contributed by atoms with E-state index in [0.717, 1.165) is 6.08 Å². The molecule has 4 nitrogen and oxygen atoms in total. The van der Waals surface area contributed by atoms with Gasteiger partial charge in [0.1, 0.15) is 0 Å². The molecule has 0 saturated heterocycles. The van der Waals surface area contributed by atoms with E-state index in [2.05, 4.69) is 5.32 Å². The molecule has 0 aliphatic carbocycles. The molecule has 2 N–H and O–H groups in total. The Hall–Kier alpha value is -2.31. The van der Waals surface area contributed by atoms with Crippen LogP contribution in [0.15, 0.2) is 30.3 Å². The highest BCUT2D eigenvalue weighted by Crippen LogP contribution is 2.21. The van der Waals surface area contributed by atoms with Crippen molar-refractivity contribution in [3.63, 3.8) is 0 Å². The normalized spacial score (nSPS) is 11.6. The van der Waals surface area contributed by atoms with Crippen LogP contribution in [0.3, 0.4) is 0 Å². The Labute approximate surface area is 119 Å². The summed E-state index contributed by atoms with van der Waals surface area (Å²) in [5.74, 6) is -1.72. The number of hydrogen-bond donors (Lipinski definition) is 2. The van der Waals surface area contributed by atoms with Gasteiger partial charge in [-0.1, -0.05) is 24.3 Å². The zero-order valence-electron chi connectivity index (χ0n) is 11.0. The maximum atomic E-state index is 11.9. The van der Waals surface area contributed by atoms with Crippen LogP contribution >= 0.6 is 0 Å². The Morgan fingerprint density at radius 2 is 1.81 bits per heavy atom. The summed E-state index contributed by atoms with van der Waals surface area (Å²) in [7, 11) is 0. The summed E-state index contributed by atoms with van der Waals surface area (Å²) in [5.41, 5.74) is 1.38. The summed E-state index contributed by atoms with van der Waals surface area (Å²) >= 11 is 0. The minimum Gasteiger partial charge on any atom is -0.478 e. The van der Waals surface area contributed by atoms with E-state index in [1.165, 1.54) is 6.08 Å². The third kappa shape index (κ3) is 7.76. The lowest BCUT2D eigenvalue weighted by Crippen LogP contribution is -2.24. The van der Waals surface area contributed by atoms with E-state index in [1.807, 2.05) is 0 Å². The van der Waals surface area contributed by atoms with Crippen LogP contribution in [0.2, 0.25) is 0 Å². The monoisotopic (exact) mass is 301 g/mol. The van der Waals surface area contributed by atoms with Gasteiger partial charge in [0.15, 0.2) is 0 Å². The Morgan fingerprint density at radius 3 is 2.33 bits per heavy atom. The second kappa shape index (κ2) is 7.47. The van der Waals surface area contributed by atoms with Crippen molar-refractivity contribution in [2.75, 3.05) is 0 Å². The Morgan fingerprint density at radius 1 is 1.19 bits per heavy atom. The van der Waals surface area contributed by atoms with Gasteiger partial charge < -0.3 is 10.4 Å². The molecule has 0 saturated carbocycles. The first-order valence-electron chi connectivity index (χ1n) is 6.10. The molecule has 1 aromatic rings. The molecule has 1 amide bonds. The highest BCUT2D eigenvalue weighted by Gasteiger charge is 2.27. The molecule has 0 aromatic heterocycles. The van der Waals surface area contributed by atoms with Crippen molar-refractivity contribution < 1.29 is 27.9 Å². The molecule has 0 fully saturated rings. The van der Waals surface area contributed by atoms with Crippen LogP contribution in [0.25, 0.3) is 6.08 Å². The number of rotatable bonds is 6. The molecule has 1 aromatic carbocycles. The first kappa shape index (κ1) is 16.7. The van der Waals surface area contributed by atoms with Crippen LogP contribution < -0.4 is 5.32 Å². The zero-order chi connectivity index (χ0) is 15.9. The SMILES string of the molecule is O=C(O)C=Cc1ccc(CNC(=O)CCC(F)(F)F)cc1. The number of nitrogens with one attached hydrogen (secondary N) is 1. The molecule has 21 heavy (non-hydrogen) atoms. The van der Waals surface area contributed by atoms with Gasteiger partial charge in [0.05, 0.1) is 6.42 Å². The second-order valence-electron chi connectivity index (χ2n) is 4.31. The largest absolute Gasteiger partial charge is 0.478 e. The summed E-state index contributed by atoms with van der Waals surface area (Å²) in [5, 5.41) is 10.9. The van der Waals surface area contributed by atoms with Gasteiger partial charge in [0.25, 0.3) is 0 Å². The zero-order valence-corrected chi connectivity index (χ0v) is 11.0. The summed E-state index contributed by atoms with van der Waals surface area (Å²) < 4.78 is 35.8. The van der Waals surface area contributed by atoms with Gasteiger partial charge in [-0.2, -0.15) is 13.2 Å². The van der Waals surface area contributed by atoms with Gasteiger partial charge in [-0.25, -0.2) is 4.79 Å². The maximum Gasteiger partial charge on any atom is 0.389 e. The predicted molar refractivity (Wildman–Crippen MR) is 70.2 cm³/mol. The Balaban J connectivity index is 2.42. The number of aliphatic carboxylic acids is 1. The number of carbonyl (C=O) groups excluding carboxylic acids is 1. The van der Waals surface area contributed by atoms with Crippen LogP contribution in [-0.2, 0) is 16.1 Å².